The quantitative estimate of drug-likeness (QED) is 0.767. The van der Waals surface area contributed by atoms with E-state index in [1.807, 2.05) is 48.2 Å². The van der Waals surface area contributed by atoms with Gasteiger partial charge in [0.05, 0.1) is 13.7 Å². The lowest BCUT2D eigenvalue weighted by Gasteiger charge is -2.34. The highest BCUT2D eigenvalue weighted by Crippen LogP contribution is 2.20. The second kappa shape index (κ2) is 9.21. The monoisotopic (exact) mass is 445 g/mol. The number of ether oxygens (including phenoxy) is 1. The molecule has 1 aliphatic heterocycles. The number of nitrogens with one attached hydrogen (secondary N) is 1. The van der Waals surface area contributed by atoms with Crippen molar-refractivity contribution in [3.05, 3.63) is 58.1 Å². The molecule has 2 aromatic carbocycles. The van der Waals surface area contributed by atoms with Gasteiger partial charge < -0.3 is 15.0 Å². The Morgan fingerprint density at radius 1 is 1.11 bits per heavy atom. The van der Waals surface area contributed by atoms with E-state index < -0.39 is 0 Å². The number of benzene rings is 2. The number of carbonyl (C=O) groups is 2. The lowest BCUT2D eigenvalue weighted by Crippen LogP contribution is -2.50. The number of methoxy groups -OCH3 is 1. The summed E-state index contributed by atoms with van der Waals surface area (Å²) in [5, 5.41) is 2.90. The van der Waals surface area contributed by atoms with E-state index in [-0.39, 0.29) is 11.8 Å². The number of aryl methyl sites for hydroxylation is 1. The Morgan fingerprint density at radius 2 is 1.86 bits per heavy atom. The number of piperazine rings is 1. The van der Waals surface area contributed by atoms with Crippen LogP contribution in [0.1, 0.15) is 15.9 Å². The molecular formula is C21H24BrN3O3. The number of halogens is 1. The van der Waals surface area contributed by atoms with Crippen LogP contribution in [0.4, 0.5) is 5.69 Å². The number of anilines is 1. The van der Waals surface area contributed by atoms with Crippen LogP contribution in [-0.4, -0.2) is 61.4 Å². The van der Waals surface area contributed by atoms with Crippen LogP contribution in [-0.2, 0) is 4.79 Å². The van der Waals surface area contributed by atoms with E-state index in [0.717, 1.165) is 15.7 Å². The van der Waals surface area contributed by atoms with Crippen molar-refractivity contribution in [1.29, 1.82) is 0 Å². The van der Waals surface area contributed by atoms with Crippen molar-refractivity contribution in [3.8, 4) is 5.75 Å². The SMILES string of the molecule is COc1cc(C(=O)N2CCN(CC(=O)Nc3cccc(Br)c3)CC2)ccc1C. The average molecular weight is 446 g/mol. The maximum atomic E-state index is 12.7. The first-order valence-electron chi connectivity index (χ1n) is 9.18. The third-order valence-electron chi connectivity index (χ3n) is 4.79. The highest BCUT2D eigenvalue weighted by molar-refractivity contribution is 9.10. The molecule has 0 unspecified atom stereocenters. The molecule has 1 aliphatic rings. The zero-order chi connectivity index (χ0) is 20.1. The maximum Gasteiger partial charge on any atom is 0.254 e. The predicted molar refractivity (Wildman–Crippen MR) is 113 cm³/mol. The largest absolute Gasteiger partial charge is 0.496 e. The van der Waals surface area contributed by atoms with Crippen molar-refractivity contribution in [2.45, 2.75) is 6.92 Å². The van der Waals surface area contributed by atoms with E-state index >= 15 is 0 Å². The summed E-state index contributed by atoms with van der Waals surface area (Å²) in [5.74, 6) is 0.659. The summed E-state index contributed by atoms with van der Waals surface area (Å²) < 4.78 is 6.24. The number of hydrogen-bond acceptors (Lipinski definition) is 4. The van der Waals surface area contributed by atoms with E-state index in [0.29, 0.717) is 44.0 Å². The lowest BCUT2D eigenvalue weighted by atomic mass is 10.1. The molecule has 3 rings (SSSR count). The van der Waals surface area contributed by atoms with Crippen LogP contribution in [0.15, 0.2) is 46.9 Å². The first-order chi connectivity index (χ1) is 13.5. The summed E-state index contributed by atoms with van der Waals surface area (Å²) in [5.41, 5.74) is 2.39. The summed E-state index contributed by atoms with van der Waals surface area (Å²) >= 11 is 3.40. The molecule has 28 heavy (non-hydrogen) atoms. The molecule has 2 aromatic rings. The molecule has 6 nitrogen and oxygen atoms in total. The number of carbonyl (C=O) groups excluding carboxylic acids is 2. The highest BCUT2D eigenvalue weighted by Gasteiger charge is 2.23. The Balaban J connectivity index is 1.51. The fraction of sp³-hybridized carbons (Fsp3) is 0.333. The molecule has 2 amide bonds. The second-order valence-electron chi connectivity index (χ2n) is 6.81. The van der Waals surface area contributed by atoms with Gasteiger partial charge in [0.25, 0.3) is 5.91 Å². The summed E-state index contributed by atoms with van der Waals surface area (Å²) in [4.78, 5) is 28.9. The zero-order valence-electron chi connectivity index (χ0n) is 16.1. The fourth-order valence-corrected chi connectivity index (χ4v) is 3.61. The number of rotatable bonds is 5. The highest BCUT2D eigenvalue weighted by atomic mass is 79.9. The molecule has 0 bridgehead atoms. The first-order valence-corrected chi connectivity index (χ1v) is 9.97. The van der Waals surface area contributed by atoms with Gasteiger partial charge in [0.15, 0.2) is 0 Å². The molecular weight excluding hydrogens is 422 g/mol. The standard InChI is InChI=1S/C21H24BrN3O3/c1-15-6-7-16(12-19(15)28-2)21(27)25-10-8-24(9-11-25)14-20(26)23-18-5-3-4-17(22)13-18/h3-7,12-13H,8-11,14H2,1-2H3,(H,23,26). The van der Waals surface area contributed by atoms with Crippen molar-refractivity contribution < 1.29 is 14.3 Å². The van der Waals surface area contributed by atoms with Crippen LogP contribution < -0.4 is 10.1 Å². The van der Waals surface area contributed by atoms with Gasteiger partial charge in [-0.2, -0.15) is 0 Å². The lowest BCUT2D eigenvalue weighted by molar-refractivity contribution is -0.117. The molecule has 1 N–H and O–H groups in total. The Labute approximate surface area is 173 Å². The number of hydrogen-bond donors (Lipinski definition) is 1. The van der Waals surface area contributed by atoms with Gasteiger partial charge in [-0.25, -0.2) is 0 Å². The molecule has 0 aromatic heterocycles. The van der Waals surface area contributed by atoms with E-state index in [4.69, 9.17) is 4.74 Å². The summed E-state index contributed by atoms with van der Waals surface area (Å²) in [6.07, 6.45) is 0. The van der Waals surface area contributed by atoms with Gasteiger partial charge in [0, 0.05) is 41.9 Å². The maximum absolute atomic E-state index is 12.7. The van der Waals surface area contributed by atoms with Crippen molar-refractivity contribution in [1.82, 2.24) is 9.80 Å². The van der Waals surface area contributed by atoms with E-state index in [2.05, 4.69) is 26.1 Å². The van der Waals surface area contributed by atoms with Gasteiger partial charge in [-0.1, -0.05) is 28.1 Å². The van der Waals surface area contributed by atoms with Crippen LogP contribution in [0.5, 0.6) is 5.75 Å². The Morgan fingerprint density at radius 3 is 2.54 bits per heavy atom. The van der Waals surface area contributed by atoms with Crippen LogP contribution in [0.3, 0.4) is 0 Å². The minimum Gasteiger partial charge on any atom is -0.496 e. The molecule has 7 heteroatoms. The number of amides is 2. The van der Waals surface area contributed by atoms with Gasteiger partial charge in [-0.15, -0.1) is 0 Å². The van der Waals surface area contributed by atoms with E-state index in [1.54, 1.807) is 13.2 Å². The van der Waals surface area contributed by atoms with Gasteiger partial charge in [0.2, 0.25) is 5.91 Å². The van der Waals surface area contributed by atoms with Crippen LogP contribution >= 0.6 is 15.9 Å². The Hall–Kier alpha value is -2.38. The van der Waals surface area contributed by atoms with Crippen LogP contribution in [0, 0.1) is 6.92 Å². The van der Waals surface area contributed by atoms with Gasteiger partial charge >= 0.3 is 0 Å². The van der Waals surface area contributed by atoms with Crippen molar-refractivity contribution in [2.24, 2.45) is 0 Å². The summed E-state index contributed by atoms with van der Waals surface area (Å²) in [6, 6.07) is 13.0. The zero-order valence-corrected chi connectivity index (χ0v) is 17.7. The normalized spacial score (nSPS) is 14.6. The topological polar surface area (TPSA) is 61.9 Å². The Kier molecular flexibility index (Phi) is 6.70. The van der Waals surface area contributed by atoms with Crippen LogP contribution in [0.25, 0.3) is 0 Å². The van der Waals surface area contributed by atoms with Crippen molar-refractivity contribution in [3.63, 3.8) is 0 Å². The average Bonchev–Trinajstić information content (AvgIpc) is 2.68. The van der Waals surface area contributed by atoms with Gasteiger partial charge in [-0.05, 0) is 42.8 Å². The molecule has 0 aliphatic carbocycles. The third-order valence-corrected chi connectivity index (χ3v) is 5.28. The summed E-state index contributed by atoms with van der Waals surface area (Å²) in [7, 11) is 1.61. The summed E-state index contributed by atoms with van der Waals surface area (Å²) in [6.45, 7) is 4.79. The van der Waals surface area contributed by atoms with Gasteiger partial charge in [-0.3, -0.25) is 14.5 Å². The minimum absolute atomic E-state index is 0.00321. The first kappa shape index (κ1) is 20.4. The molecule has 1 saturated heterocycles. The van der Waals surface area contributed by atoms with Gasteiger partial charge in [0.1, 0.15) is 5.75 Å². The fourth-order valence-electron chi connectivity index (χ4n) is 3.21. The minimum atomic E-state index is -0.0545. The predicted octanol–water partition coefficient (Wildman–Crippen LogP) is 3.16. The molecule has 0 saturated carbocycles. The van der Waals surface area contributed by atoms with Crippen molar-refractivity contribution >= 4 is 33.4 Å². The van der Waals surface area contributed by atoms with Crippen LogP contribution in [0.2, 0.25) is 0 Å². The second-order valence-corrected chi connectivity index (χ2v) is 7.73. The smallest absolute Gasteiger partial charge is 0.254 e. The van der Waals surface area contributed by atoms with E-state index in [9.17, 15) is 9.59 Å². The molecule has 148 valence electrons. The third kappa shape index (κ3) is 5.11. The molecule has 0 atom stereocenters. The molecule has 1 heterocycles. The molecule has 0 spiro atoms. The Bertz CT molecular complexity index is 864. The van der Waals surface area contributed by atoms with Crippen molar-refractivity contribution in [2.75, 3.05) is 45.2 Å². The molecule has 1 fully saturated rings. The molecule has 0 radical (unpaired) electrons. The van der Waals surface area contributed by atoms with E-state index in [1.165, 1.54) is 0 Å². The number of nitrogens with zero attached hydrogens (tertiary/aromatic N) is 2.